The van der Waals surface area contributed by atoms with Gasteiger partial charge in [-0.2, -0.15) is 5.26 Å². The van der Waals surface area contributed by atoms with Crippen molar-refractivity contribution in [3.8, 4) is 6.07 Å². The van der Waals surface area contributed by atoms with Crippen LogP contribution in [0.1, 0.15) is 45.4 Å². The lowest BCUT2D eigenvalue weighted by Crippen LogP contribution is -2.35. The van der Waals surface area contributed by atoms with Gasteiger partial charge in [0.25, 0.3) is 5.91 Å². The number of H-pyrrole nitrogens is 1. The van der Waals surface area contributed by atoms with Gasteiger partial charge in [0.1, 0.15) is 5.69 Å². The number of Topliss-reactive ketones (excluding diaryl/α,β-unsaturated/α-hetero) is 1. The van der Waals surface area contributed by atoms with E-state index in [-0.39, 0.29) is 24.4 Å². The summed E-state index contributed by atoms with van der Waals surface area (Å²) in [7, 11) is 0. The van der Waals surface area contributed by atoms with Crippen LogP contribution in [-0.2, 0) is 9.53 Å². The summed E-state index contributed by atoms with van der Waals surface area (Å²) in [6, 6.07) is 10.9. The monoisotopic (exact) mass is 367 g/mol. The maximum atomic E-state index is 12.5. The van der Waals surface area contributed by atoms with E-state index < -0.39 is 18.5 Å². The Balaban J connectivity index is 2.11. The Morgan fingerprint density at radius 2 is 1.85 bits per heavy atom. The van der Waals surface area contributed by atoms with E-state index in [9.17, 15) is 14.4 Å². The Bertz CT molecular complexity index is 894. The quantitative estimate of drug-likeness (QED) is 0.598. The normalized spacial score (nSPS) is 10.1. The van der Waals surface area contributed by atoms with Gasteiger partial charge in [-0.05, 0) is 38.5 Å². The predicted molar refractivity (Wildman–Crippen MR) is 99.6 cm³/mol. The van der Waals surface area contributed by atoms with Crippen molar-refractivity contribution in [2.75, 3.05) is 18.1 Å². The first-order valence-electron chi connectivity index (χ1n) is 8.46. The largest absolute Gasteiger partial charge is 0.451 e. The summed E-state index contributed by atoms with van der Waals surface area (Å²) in [4.78, 5) is 40.8. The highest BCUT2D eigenvalue weighted by Crippen LogP contribution is 2.19. The number of ketones is 1. The van der Waals surface area contributed by atoms with Crippen LogP contribution < -0.4 is 4.90 Å². The summed E-state index contributed by atoms with van der Waals surface area (Å²) in [5.41, 5.74) is 2.32. The molecule has 1 N–H and O–H groups in total. The molecule has 1 aromatic carbocycles. The lowest BCUT2D eigenvalue weighted by atomic mass is 10.1. The number of carbonyl (C=O) groups excluding carboxylic acids is 3. The number of hydrogen-bond donors (Lipinski definition) is 1. The van der Waals surface area contributed by atoms with Gasteiger partial charge in [0.05, 0.1) is 12.5 Å². The number of nitrogens with zero attached hydrogens (tertiary/aromatic N) is 2. The van der Waals surface area contributed by atoms with Gasteiger partial charge >= 0.3 is 5.97 Å². The summed E-state index contributed by atoms with van der Waals surface area (Å²) in [6.45, 7) is 4.51. The van der Waals surface area contributed by atoms with Gasteiger partial charge < -0.3 is 14.6 Å². The Hall–Kier alpha value is -3.40. The molecule has 2 aromatic rings. The molecule has 0 aliphatic carbocycles. The average molecular weight is 367 g/mol. The van der Waals surface area contributed by atoms with E-state index in [2.05, 4.69) is 4.98 Å². The fourth-order valence-electron chi connectivity index (χ4n) is 2.93. The van der Waals surface area contributed by atoms with Gasteiger partial charge in [-0.3, -0.25) is 9.59 Å². The average Bonchev–Trinajstić information content (AvgIpc) is 2.95. The first-order valence-corrected chi connectivity index (χ1v) is 8.46. The lowest BCUT2D eigenvalue weighted by Gasteiger charge is -2.21. The summed E-state index contributed by atoms with van der Waals surface area (Å²) in [6.07, 6.45) is 0.158. The van der Waals surface area contributed by atoms with E-state index in [1.807, 2.05) is 12.1 Å². The van der Waals surface area contributed by atoms with E-state index in [0.29, 0.717) is 22.5 Å². The minimum Gasteiger partial charge on any atom is -0.451 e. The summed E-state index contributed by atoms with van der Waals surface area (Å²) >= 11 is 0. The molecule has 27 heavy (non-hydrogen) atoms. The van der Waals surface area contributed by atoms with Crippen molar-refractivity contribution in [3.05, 3.63) is 52.8 Å². The molecule has 0 aliphatic heterocycles. The highest BCUT2D eigenvalue weighted by molar-refractivity contribution is 6.02. The Morgan fingerprint density at radius 3 is 2.41 bits per heavy atom. The van der Waals surface area contributed by atoms with Crippen LogP contribution in [0.3, 0.4) is 0 Å². The van der Waals surface area contributed by atoms with E-state index >= 15 is 0 Å². The van der Waals surface area contributed by atoms with Crippen molar-refractivity contribution in [1.82, 2.24) is 4.98 Å². The number of carbonyl (C=O) groups is 3. The van der Waals surface area contributed by atoms with Crippen molar-refractivity contribution in [2.24, 2.45) is 0 Å². The van der Waals surface area contributed by atoms with Crippen LogP contribution in [0.4, 0.5) is 5.69 Å². The minimum atomic E-state index is -0.704. The maximum Gasteiger partial charge on any atom is 0.355 e. The number of nitrogens with one attached hydrogen (secondary N) is 1. The highest BCUT2D eigenvalue weighted by atomic mass is 16.5. The van der Waals surface area contributed by atoms with Crippen molar-refractivity contribution in [3.63, 3.8) is 0 Å². The Morgan fingerprint density at radius 1 is 1.19 bits per heavy atom. The third-order valence-corrected chi connectivity index (χ3v) is 4.14. The molecule has 1 aromatic heterocycles. The number of aryl methyl sites for hydroxylation is 1. The lowest BCUT2D eigenvalue weighted by molar-refractivity contribution is -0.121. The summed E-state index contributed by atoms with van der Waals surface area (Å²) in [5, 5.41) is 8.81. The fourth-order valence-corrected chi connectivity index (χ4v) is 2.93. The standard InChI is InChI=1S/C20H21N3O4/c1-13-18(15(3)24)14(2)22-19(13)20(26)27-12-17(25)23(11-7-10-21)16-8-5-4-6-9-16/h4-6,8-9,22H,7,11-12H2,1-3H3. The first kappa shape index (κ1) is 19.9. The van der Waals surface area contributed by atoms with Crippen molar-refractivity contribution in [1.29, 1.82) is 5.26 Å². The number of anilines is 1. The maximum absolute atomic E-state index is 12.5. The molecule has 1 heterocycles. The molecular weight excluding hydrogens is 346 g/mol. The zero-order chi connectivity index (χ0) is 20.0. The molecule has 140 valence electrons. The molecule has 0 radical (unpaired) electrons. The molecular formula is C20H21N3O4. The van der Waals surface area contributed by atoms with Crippen LogP contribution in [0.25, 0.3) is 0 Å². The molecule has 7 heteroatoms. The molecule has 0 saturated carbocycles. The molecule has 0 fully saturated rings. The SMILES string of the molecule is CC(=O)c1c(C)[nH]c(C(=O)OCC(=O)N(CCC#N)c2ccccc2)c1C. The summed E-state index contributed by atoms with van der Waals surface area (Å²) < 4.78 is 5.15. The van der Waals surface area contributed by atoms with Crippen LogP contribution >= 0.6 is 0 Å². The zero-order valence-electron chi connectivity index (χ0n) is 15.5. The number of nitriles is 1. The van der Waals surface area contributed by atoms with Crippen LogP contribution in [0.5, 0.6) is 0 Å². The second kappa shape index (κ2) is 8.81. The molecule has 7 nitrogen and oxygen atoms in total. The van der Waals surface area contributed by atoms with Gasteiger partial charge in [0.15, 0.2) is 12.4 Å². The van der Waals surface area contributed by atoms with Gasteiger partial charge in [0.2, 0.25) is 0 Å². The third kappa shape index (κ3) is 4.61. The third-order valence-electron chi connectivity index (χ3n) is 4.14. The van der Waals surface area contributed by atoms with Gasteiger partial charge in [-0.1, -0.05) is 18.2 Å². The topological polar surface area (TPSA) is 103 Å². The Labute approximate surface area is 157 Å². The molecule has 0 unspecified atom stereocenters. The molecule has 0 spiro atoms. The number of para-hydroxylation sites is 1. The zero-order valence-corrected chi connectivity index (χ0v) is 15.5. The number of esters is 1. The molecule has 1 amide bonds. The van der Waals surface area contributed by atoms with Crippen molar-refractivity contribution >= 4 is 23.3 Å². The fraction of sp³-hybridized carbons (Fsp3) is 0.300. The number of amides is 1. The number of rotatable bonds is 7. The first-order chi connectivity index (χ1) is 12.9. The number of hydrogen-bond acceptors (Lipinski definition) is 5. The smallest absolute Gasteiger partial charge is 0.355 e. The highest BCUT2D eigenvalue weighted by Gasteiger charge is 2.23. The van der Waals surface area contributed by atoms with Gasteiger partial charge in [0, 0.05) is 23.5 Å². The van der Waals surface area contributed by atoms with Crippen LogP contribution in [0.15, 0.2) is 30.3 Å². The number of benzene rings is 1. The molecule has 0 atom stereocenters. The van der Waals surface area contributed by atoms with E-state index in [0.717, 1.165) is 0 Å². The van der Waals surface area contributed by atoms with Crippen LogP contribution in [-0.4, -0.2) is 35.8 Å². The number of aromatic amines is 1. The van der Waals surface area contributed by atoms with E-state index in [4.69, 9.17) is 10.00 Å². The molecule has 0 aliphatic rings. The molecule has 0 bridgehead atoms. The predicted octanol–water partition coefficient (Wildman–Crippen LogP) is 2.94. The molecule has 0 saturated heterocycles. The number of ether oxygens (including phenoxy) is 1. The van der Waals surface area contributed by atoms with Crippen molar-refractivity contribution < 1.29 is 19.1 Å². The van der Waals surface area contributed by atoms with E-state index in [1.165, 1.54) is 11.8 Å². The van der Waals surface area contributed by atoms with Gasteiger partial charge in [-0.15, -0.1) is 0 Å². The minimum absolute atomic E-state index is 0.150. The summed E-state index contributed by atoms with van der Waals surface area (Å²) in [5.74, 6) is -1.29. The van der Waals surface area contributed by atoms with Crippen LogP contribution in [0.2, 0.25) is 0 Å². The number of aromatic nitrogens is 1. The molecule has 2 rings (SSSR count). The second-order valence-electron chi connectivity index (χ2n) is 6.05. The van der Waals surface area contributed by atoms with Gasteiger partial charge in [-0.25, -0.2) is 4.79 Å². The van der Waals surface area contributed by atoms with E-state index in [1.54, 1.807) is 38.1 Å². The van der Waals surface area contributed by atoms with Crippen LogP contribution in [0, 0.1) is 25.2 Å². The Kier molecular flexibility index (Phi) is 6.50. The second-order valence-corrected chi connectivity index (χ2v) is 6.05. The van der Waals surface area contributed by atoms with Crippen molar-refractivity contribution in [2.45, 2.75) is 27.2 Å².